The van der Waals surface area contributed by atoms with Gasteiger partial charge in [-0.1, -0.05) is 77.9 Å². The number of anilines is 1. The van der Waals surface area contributed by atoms with E-state index in [0.29, 0.717) is 43.1 Å². The molecular formula is C44H72ClN5O11S. The number of carbonyl (C=O) groups excluding carboxylic acids is 3. The minimum Gasteiger partial charge on any atom is -0.457 e. The van der Waals surface area contributed by atoms with Crippen LogP contribution in [0.15, 0.2) is 59.5 Å². The van der Waals surface area contributed by atoms with E-state index in [1.807, 2.05) is 44.2 Å². The number of halogens is 1. The molecule has 0 radical (unpaired) electrons. The van der Waals surface area contributed by atoms with Crippen molar-refractivity contribution < 1.29 is 51.6 Å². The first-order valence-corrected chi connectivity index (χ1v) is 23.0. The van der Waals surface area contributed by atoms with Crippen molar-refractivity contribution in [2.24, 2.45) is 28.4 Å². The van der Waals surface area contributed by atoms with Gasteiger partial charge in [-0.15, -0.1) is 0 Å². The lowest BCUT2D eigenvalue weighted by molar-refractivity contribution is -0.0907. The van der Waals surface area contributed by atoms with E-state index >= 15 is 0 Å². The summed E-state index contributed by atoms with van der Waals surface area (Å²) >= 11 is 4.60. The fraction of sp³-hybridized carbons (Fsp3) is 0.659. The molecule has 0 saturated carbocycles. The Kier molecular flexibility index (Phi) is 23.5. The lowest BCUT2D eigenvalue weighted by Crippen LogP contribution is -2.52. The average molecular weight is 915 g/mol. The molecule has 0 aromatic heterocycles. The summed E-state index contributed by atoms with van der Waals surface area (Å²) in [5.41, 5.74) is 6.44. The zero-order valence-electron chi connectivity index (χ0n) is 38.0. The Morgan fingerprint density at radius 3 is 2.26 bits per heavy atom. The summed E-state index contributed by atoms with van der Waals surface area (Å²) in [6, 6.07) is 15.2. The number of amides is 2. The molecule has 2 aliphatic rings. The second kappa shape index (κ2) is 26.8. The van der Waals surface area contributed by atoms with Gasteiger partial charge in [0.1, 0.15) is 6.10 Å². The highest BCUT2D eigenvalue weighted by molar-refractivity contribution is 7.89. The van der Waals surface area contributed by atoms with Crippen molar-refractivity contribution in [3.63, 3.8) is 0 Å². The van der Waals surface area contributed by atoms with Crippen LogP contribution in [-0.4, -0.2) is 121 Å². The van der Waals surface area contributed by atoms with Crippen molar-refractivity contribution in [3.05, 3.63) is 60.2 Å². The Hall–Kier alpha value is -3.71. The fourth-order valence-electron chi connectivity index (χ4n) is 6.80. The van der Waals surface area contributed by atoms with Crippen LogP contribution in [0.5, 0.6) is 0 Å². The number of fused-ring (bicyclic) bond motifs is 1. The molecule has 2 heterocycles. The summed E-state index contributed by atoms with van der Waals surface area (Å²) in [7, 11) is 0.299. The standard InChI is InChI=1S/C31H46N4O7S.C11H23NO2.C2H3ClO2/c1-31(2,14-8-15-32)21-35(43(38,39)24-12-7-11-23(18-24)33-3)19-27(36)26(17-22-9-5-4-6-10-22)34-30(37)42-28-20-41-29-25(28)13-16-40-29;1-9(2)11(3,4)7-6-8-12-10(13)14-5;1-5-2(3)4/h4-7,9-12,18,25-29,33,36H,8,13-17,19-21,32H2,1-3H3,(H,34,37);9H,6-8H2,1-5H3,(H,12,13);1H3/t25-,26-,27+,28-,29+;;/m0../s1. The van der Waals surface area contributed by atoms with Gasteiger partial charge in [0.15, 0.2) is 6.29 Å². The number of methoxy groups -OCH3 is 2. The SMILES string of the molecule is CNc1cccc(S(=O)(=O)N(C[C@@H](O)[C@H](Cc2ccccc2)NC(=O)O[C@H]2CO[C@H]3OCC[C@H]32)CC(C)(C)CCCN)c1.COC(=O)Cl.COC(=O)NCCCC(C)(C)C(C)C. The van der Waals surface area contributed by atoms with Gasteiger partial charge in [0.2, 0.25) is 10.0 Å². The number of nitrogens with zero attached hydrogens (tertiary/aromatic N) is 1. The number of benzene rings is 2. The summed E-state index contributed by atoms with van der Waals surface area (Å²) in [6.07, 6.45) is 1.46. The van der Waals surface area contributed by atoms with Gasteiger partial charge in [-0.2, -0.15) is 4.31 Å². The predicted octanol–water partition coefficient (Wildman–Crippen LogP) is 6.74. The molecule has 5 atom stereocenters. The Morgan fingerprint density at radius 1 is 0.984 bits per heavy atom. The maximum absolute atomic E-state index is 14.1. The number of nitrogens with one attached hydrogen (secondary N) is 3. The molecule has 6 N–H and O–H groups in total. The molecule has 2 saturated heterocycles. The topological polar surface area (TPSA) is 217 Å². The van der Waals surface area contributed by atoms with Gasteiger partial charge in [0.05, 0.1) is 50.4 Å². The lowest BCUT2D eigenvalue weighted by Gasteiger charge is -2.35. The molecule has 2 aromatic carbocycles. The smallest absolute Gasteiger partial charge is 0.407 e. The van der Waals surface area contributed by atoms with Crippen molar-refractivity contribution in [1.82, 2.24) is 14.9 Å². The molecule has 4 rings (SSSR count). The average Bonchev–Trinajstić information content (AvgIpc) is 3.87. The molecule has 2 fully saturated rings. The largest absolute Gasteiger partial charge is 0.457 e. The van der Waals surface area contributed by atoms with E-state index in [1.54, 1.807) is 31.3 Å². The summed E-state index contributed by atoms with van der Waals surface area (Å²) in [6.45, 7) is 14.9. The molecule has 2 amide bonds. The van der Waals surface area contributed by atoms with Gasteiger partial charge < -0.3 is 50.5 Å². The highest BCUT2D eigenvalue weighted by Gasteiger charge is 2.44. The first-order valence-electron chi connectivity index (χ1n) is 21.1. The van der Waals surface area contributed by atoms with E-state index < -0.39 is 45.2 Å². The van der Waals surface area contributed by atoms with Crippen molar-refractivity contribution >= 4 is 44.9 Å². The van der Waals surface area contributed by atoms with Crippen LogP contribution in [0.1, 0.15) is 79.2 Å². The van der Waals surface area contributed by atoms with Crippen molar-refractivity contribution in [3.8, 4) is 0 Å². The van der Waals surface area contributed by atoms with Crippen LogP contribution in [-0.2, 0) is 40.1 Å². The van der Waals surface area contributed by atoms with Gasteiger partial charge in [-0.05, 0) is 85.6 Å². The fourth-order valence-corrected chi connectivity index (χ4v) is 8.49. The van der Waals surface area contributed by atoms with Gasteiger partial charge in [0, 0.05) is 44.0 Å². The van der Waals surface area contributed by atoms with Gasteiger partial charge in [-0.3, -0.25) is 0 Å². The van der Waals surface area contributed by atoms with Crippen LogP contribution in [0.3, 0.4) is 0 Å². The van der Waals surface area contributed by atoms with E-state index in [1.165, 1.54) is 18.5 Å². The molecule has 2 aliphatic heterocycles. The number of rotatable bonds is 20. The summed E-state index contributed by atoms with van der Waals surface area (Å²) < 4.78 is 54.6. The number of hydrogen-bond donors (Lipinski definition) is 5. The number of hydrogen-bond acceptors (Lipinski definition) is 13. The molecular weight excluding hydrogens is 842 g/mol. The normalized spacial score (nSPS) is 18.3. The molecule has 0 unspecified atom stereocenters. The van der Waals surface area contributed by atoms with E-state index in [4.69, 9.17) is 19.9 Å². The number of alkyl carbamates (subject to hydrolysis) is 2. The number of carbonyl (C=O) groups is 3. The quantitative estimate of drug-likeness (QED) is 0.0529. The van der Waals surface area contributed by atoms with Crippen LogP contribution >= 0.6 is 11.6 Å². The van der Waals surface area contributed by atoms with E-state index in [2.05, 4.69) is 64.7 Å². The maximum atomic E-state index is 14.1. The van der Waals surface area contributed by atoms with Crippen LogP contribution in [0.4, 0.5) is 20.1 Å². The Labute approximate surface area is 374 Å². The molecule has 18 heteroatoms. The lowest BCUT2D eigenvalue weighted by atomic mass is 9.77. The number of sulfonamides is 1. The first-order chi connectivity index (χ1) is 29.2. The minimum atomic E-state index is -4.02. The zero-order chi connectivity index (χ0) is 46.5. The van der Waals surface area contributed by atoms with E-state index in [0.717, 1.165) is 31.2 Å². The van der Waals surface area contributed by atoms with E-state index in [9.17, 15) is 27.9 Å². The summed E-state index contributed by atoms with van der Waals surface area (Å²) in [4.78, 5) is 33.3. The Bertz CT molecular complexity index is 1750. The molecule has 0 bridgehead atoms. The molecule has 352 valence electrons. The van der Waals surface area contributed by atoms with Crippen LogP contribution in [0.2, 0.25) is 0 Å². The highest BCUT2D eigenvalue weighted by atomic mass is 35.5. The third-order valence-electron chi connectivity index (χ3n) is 11.3. The van der Waals surface area contributed by atoms with Gasteiger partial charge in [-0.25, -0.2) is 22.8 Å². The number of nitrogens with two attached hydrogens (primary N) is 1. The second-order valence-corrected chi connectivity index (χ2v) is 19.5. The number of aliphatic hydroxyl groups is 1. The maximum Gasteiger partial charge on any atom is 0.407 e. The first kappa shape index (κ1) is 54.4. The van der Waals surface area contributed by atoms with Crippen molar-refractivity contribution in [2.45, 2.75) is 110 Å². The van der Waals surface area contributed by atoms with Crippen molar-refractivity contribution in [1.29, 1.82) is 0 Å². The van der Waals surface area contributed by atoms with Crippen LogP contribution < -0.4 is 21.7 Å². The molecule has 16 nitrogen and oxygen atoms in total. The zero-order valence-corrected chi connectivity index (χ0v) is 39.6. The minimum absolute atomic E-state index is 0.0343. The molecule has 2 aromatic rings. The van der Waals surface area contributed by atoms with E-state index in [-0.39, 0.29) is 49.3 Å². The monoisotopic (exact) mass is 913 g/mol. The number of ether oxygens (including phenoxy) is 5. The van der Waals surface area contributed by atoms with Crippen molar-refractivity contribution in [2.75, 3.05) is 66.0 Å². The third-order valence-corrected chi connectivity index (χ3v) is 13.3. The highest BCUT2D eigenvalue weighted by Crippen LogP contribution is 2.34. The second-order valence-electron chi connectivity index (χ2n) is 17.2. The molecule has 0 aliphatic carbocycles. The Balaban J connectivity index is 0.000000580. The van der Waals surface area contributed by atoms with Gasteiger partial charge in [0.25, 0.3) is 0 Å². The Morgan fingerprint density at radius 2 is 1.66 bits per heavy atom. The van der Waals surface area contributed by atoms with Crippen LogP contribution in [0, 0.1) is 22.7 Å². The molecule has 62 heavy (non-hydrogen) atoms. The third kappa shape index (κ3) is 19.0. The van der Waals surface area contributed by atoms with Crippen LogP contribution in [0.25, 0.3) is 0 Å². The summed E-state index contributed by atoms with van der Waals surface area (Å²) in [5.74, 6) is 0.633. The summed E-state index contributed by atoms with van der Waals surface area (Å²) in [5, 5.41) is 20.1. The van der Waals surface area contributed by atoms with Gasteiger partial charge >= 0.3 is 17.6 Å². The predicted molar refractivity (Wildman–Crippen MR) is 240 cm³/mol. The number of aliphatic hydroxyl groups excluding tert-OH is 1. The molecule has 0 spiro atoms.